The molecule has 1 aliphatic heterocycles. The molecule has 0 N–H and O–H groups in total. The summed E-state index contributed by atoms with van der Waals surface area (Å²) in [5.41, 5.74) is 5.20. The highest BCUT2D eigenvalue weighted by molar-refractivity contribution is 5.88. The van der Waals surface area contributed by atoms with Gasteiger partial charge in [-0.05, 0) is 19.0 Å². The van der Waals surface area contributed by atoms with Gasteiger partial charge in [0.15, 0.2) is 0 Å². The molecular weight excluding hydrogens is 234 g/mol. The fraction of sp³-hybridized carbons (Fsp3) is 0.375. The molecule has 0 saturated carbocycles. The Balaban J connectivity index is 2.30. The topological polar surface area (TPSA) is 39.9 Å². The highest BCUT2D eigenvalue weighted by Crippen LogP contribution is 2.28. The van der Waals surface area contributed by atoms with Crippen molar-refractivity contribution < 1.29 is 0 Å². The lowest BCUT2D eigenvalue weighted by molar-refractivity contribution is 0.266. The van der Waals surface area contributed by atoms with Crippen LogP contribution in [0.25, 0.3) is 10.9 Å². The number of hydrogen-bond acceptors (Lipinski definition) is 3. The Bertz CT molecular complexity index is 682. The van der Waals surface area contributed by atoms with Crippen molar-refractivity contribution in [1.29, 1.82) is 5.26 Å². The molecule has 0 fully saturated rings. The van der Waals surface area contributed by atoms with Crippen LogP contribution in [0.5, 0.6) is 0 Å². The Kier molecular flexibility index (Phi) is 2.96. The number of benzene rings is 1. The number of pyridine rings is 1. The van der Waals surface area contributed by atoms with Crippen molar-refractivity contribution in [3.8, 4) is 6.07 Å². The molecule has 19 heavy (non-hydrogen) atoms. The molecule has 2 aromatic rings. The Labute approximate surface area is 113 Å². The summed E-state index contributed by atoms with van der Waals surface area (Å²) >= 11 is 0. The molecule has 3 nitrogen and oxygen atoms in total. The maximum absolute atomic E-state index is 9.55. The quantitative estimate of drug-likeness (QED) is 0.782. The van der Waals surface area contributed by atoms with E-state index in [2.05, 4.69) is 30.9 Å². The lowest BCUT2D eigenvalue weighted by atomic mass is 9.95. The van der Waals surface area contributed by atoms with E-state index in [-0.39, 0.29) is 0 Å². The lowest BCUT2D eigenvalue weighted by Gasteiger charge is -2.28. The predicted octanol–water partition coefficient (Wildman–Crippen LogP) is 2.79. The first-order chi connectivity index (χ1) is 9.24. The van der Waals surface area contributed by atoms with Gasteiger partial charge < -0.3 is 0 Å². The number of nitriles is 1. The summed E-state index contributed by atoms with van der Waals surface area (Å²) in [6.45, 7) is 7.14. The number of nitrogens with zero attached hydrogens (tertiary/aromatic N) is 3. The second-order valence-electron chi connectivity index (χ2n) is 5.11. The number of rotatable bonds is 1. The van der Waals surface area contributed by atoms with E-state index in [4.69, 9.17) is 4.98 Å². The minimum Gasteiger partial charge on any atom is -0.299 e. The molecule has 0 atom stereocenters. The van der Waals surface area contributed by atoms with E-state index < -0.39 is 0 Å². The molecule has 1 aliphatic rings. The van der Waals surface area contributed by atoms with Crippen LogP contribution in [0.3, 0.4) is 0 Å². The zero-order chi connectivity index (χ0) is 13.4. The maximum Gasteiger partial charge on any atom is 0.100 e. The molecule has 0 bridgehead atoms. The summed E-state index contributed by atoms with van der Waals surface area (Å²) < 4.78 is 0. The first kappa shape index (κ1) is 12.1. The van der Waals surface area contributed by atoms with Gasteiger partial charge >= 0.3 is 0 Å². The fourth-order valence-corrected chi connectivity index (χ4v) is 2.86. The third kappa shape index (κ3) is 1.89. The molecule has 0 radical (unpaired) electrons. The van der Waals surface area contributed by atoms with E-state index in [1.54, 1.807) is 0 Å². The van der Waals surface area contributed by atoms with Gasteiger partial charge in [0.2, 0.25) is 0 Å². The third-order valence-electron chi connectivity index (χ3n) is 4.01. The van der Waals surface area contributed by atoms with Crippen LogP contribution in [0.2, 0.25) is 0 Å². The van der Waals surface area contributed by atoms with Crippen molar-refractivity contribution in [2.24, 2.45) is 0 Å². The van der Waals surface area contributed by atoms with Gasteiger partial charge in [-0.25, -0.2) is 0 Å². The van der Waals surface area contributed by atoms with Crippen LogP contribution in [-0.2, 0) is 13.0 Å². The molecule has 0 amide bonds. The van der Waals surface area contributed by atoms with E-state index >= 15 is 0 Å². The van der Waals surface area contributed by atoms with Gasteiger partial charge in [0.05, 0.1) is 11.1 Å². The first-order valence-electron chi connectivity index (χ1n) is 6.78. The van der Waals surface area contributed by atoms with E-state index in [0.29, 0.717) is 0 Å². The van der Waals surface area contributed by atoms with Gasteiger partial charge in [-0.2, -0.15) is 5.26 Å². The number of aryl methyl sites for hydroxylation is 1. The Morgan fingerprint density at radius 2 is 2.26 bits per heavy atom. The van der Waals surface area contributed by atoms with Crippen LogP contribution in [-0.4, -0.2) is 23.0 Å². The second kappa shape index (κ2) is 4.64. The number of para-hydroxylation sites is 1. The molecule has 2 heterocycles. The van der Waals surface area contributed by atoms with E-state index in [1.807, 2.05) is 12.1 Å². The molecule has 3 rings (SSSR count). The molecule has 0 spiro atoms. The molecule has 96 valence electrons. The Hall–Kier alpha value is -1.92. The molecule has 0 unspecified atom stereocenters. The van der Waals surface area contributed by atoms with Crippen LogP contribution < -0.4 is 0 Å². The summed E-state index contributed by atoms with van der Waals surface area (Å²) in [6, 6.07) is 8.48. The average Bonchev–Trinajstić information content (AvgIpc) is 2.45. The predicted molar refractivity (Wildman–Crippen MR) is 75.9 cm³/mol. The monoisotopic (exact) mass is 251 g/mol. The molecular formula is C16H17N3. The highest BCUT2D eigenvalue weighted by Gasteiger charge is 2.21. The van der Waals surface area contributed by atoms with Gasteiger partial charge in [0, 0.05) is 36.2 Å². The van der Waals surface area contributed by atoms with Crippen molar-refractivity contribution in [2.75, 3.05) is 13.1 Å². The third-order valence-corrected chi connectivity index (χ3v) is 4.01. The summed E-state index contributed by atoms with van der Waals surface area (Å²) in [7, 11) is 0. The second-order valence-corrected chi connectivity index (χ2v) is 5.11. The van der Waals surface area contributed by atoms with Gasteiger partial charge in [-0.15, -0.1) is 0 Å². The van der Waals surface area contributed by atoms with Crippen LogP contribution in [0.4, 0.5) is 0 Å². The molecule has 1 aromatic carbocycles. The van der Waals surface area contributed by atoms with Gasteiger partial charge in [-0.3, -0.25) is 9.88 Å². The van der Waals surface area contributed by atoms with Crippen molar-refractivity contribution in [1.82, 2.24) is 9.88 Å². The average molecular weight is 251 g/mol. The van der Waals surface area contributed by atoms with Crippen molar-refractivity contribution in [3.63, 3.8) is 0 Å². The van der Waals surface area contributed by atoms with Crippen LogP contribution >= 0.6 is 0 Å². The number of likely N-dealkylation sites (N-methyl/N-ethyl adjacent to an activating group) is 1. The molecule has 3 heteroatoms. The zero-order valence-electron chi connectivity index (χ0n) is 11.4. The van der Waals surface area contributed by atoms with Crippen molar-refractivity contribution in [2.45, 2.75) is 26.8 Å². The van der Waals surface area contributed by atoms with Gasteiger partial charge in [0.25, 0.3) is 0 Å². The maximum atomic E-state index is 9.55. The summed E-state index contributed by atoms with van der Waals surface area (Å²) in [4.78, 5) is 7.18. The van der Waals surface area contributed by atoms with E-state index in [0.717, 1.165) is 59.3 Å². The zero-order valence-corrected chi connectivity index (χ0v) is 11.4. The molecule has 1 aromatic heterocycles. The SMILES string of the molecule is CCN1CCc2nc3c(C)cccc3c(C#N)c2C1. The minimum absolute atomic E-state index is 0.821. The van der Waals surface area contributed by atoms with Gasteiger partial charge in [0.1, 0.15) is 6.07 Å². The number of hydrogen-bond donors (Lipinski definition) is 0. The summed E-state index contributed by atoms with van der Waals surface area (Å²) in [6.07, 6.45) is 0.947. The Morgan fingerprint density at radius 1 is 1.42 bits per heavy atom. The van der Waals surface area contributed by atoms with Crippen LogP contribution in [0, 0.1) is 18.3 Å². The van der Waals surface area contributed by atoms with E-state index in [1.165, 1.54) is 0 Å². The van der Waals surface area contributed by atoms with Crippen molar-refractivity contribution in [3.05, 3.63) is 40.6 Å². The number of fused-ring (bicyclic) bond motifs is 2. The minimum atomic E-state index is 0.821. The normalized spacial score (nSPS) is 15.2. The summed E-state index contributed by atoms with van der Waals surface area (Å²) in [5.74, 6) is 0. The standard InChI is InChI=1S/C16H17N3/c1-3-19-8-7-15-14(10-19)13(9-17)12-6-4-5-11(2)16(12)18-15/h4-6H,3,7-8,10H2,1-2H3. The number of aromatic nitrogens is 1. The van der Waals surface area contributed by atoms with Crippen LogP contribution in [0.15, 0.2) is 18.2 Å². The lowest BCUT2D eigenvalue weighted by Crippen LogP contribution is -2.31. The largest absolute Gasteiger partial charge is 0.299 e. The molecule has 0 aliphatic carbocycles. The van der Waals surface area contributed by atoms with Gasteiger partial charge in [-0.1, -0.05) is 25.1 Å². The van der Waals surface area contributed by atoms with Crippen LogP contribution in [0.1, 0.15) is 29.3 Å². The van der Waals surface area contributed by atoms with Crippen molar-refractivity contribution >= 4 is 10.9 Å². The first-order valence-corrected chi connectivity index (χ1v) is 6.78. The smallest absolute Gasteiger partial charge is 0.100 e. The fourth-order valence-electron chi connectivity index (χ4n) is 2.86. The molecule has 0 saturated heterocycles. The summed E-state index contributed by atoms with van der Waals surface area (Å²) in [5, 5.41) is 10.5. The Morgan fingerprint density at radius 3 is 3.00 bits per heavy atom. The highest BCUT2D eigenvalue weighted by atomic mass is 15.1. The van der Waals surface area contributed by atoms with E-state index in [9.17, 15) is 5.26 Å².